The first kappa shape index (κ1) is 12.7. The lowest BCUT2D eigenvalue weighted by Crippen LogP contribution is -2.01. The van der Waals surface area contributed by atoms with Gasteiger partial charge in [-0.1, -0.05) is 24.3 Å². The van der Waals surface area contributed by atoms with Gasteiger partial charge in [0.05, 0.1) is 5.69 Å². The predicted molar refractivity (Wildman–Crippen MR) is 81.4 cm³/mol. The highest BCUT2D eigenvalue weighted by Crippen LogP contribution is 2.22. The number of halogens is 1. The number of nitrogens with zero attached hydrogens (tertiary/aromatic N) is 1. The second-order valence-corrected chi connectivity index (χ2v) is 5.12. The number of hydrogen-bond acceptors (Lipinski definition) is 1. The van der Waals surface area contributed by atoms with Crippen LogP contribution in [0, 0.1) is 12.7 Å². The van der Waals surface area contributed by atoms with Crippen molar-refractivity contribution in [3.63, 3.8) is 0 Å². The summed E-state index contributed by atoms with van der Waals surface area (Å²) in [6, 6.07) is 13.5. The van der Waals surface area contributed by atoms with Gasteiger partial charge < -0.3 is 9.88 Å². The summed E-state index contributed by atoms with van der Waals surface area (Å²) < 4.78 is 15.9. The molecule has 2 nitrogen and oxygen atoms in total. The molecule has 1 heterocycles. The smallest absolute Gasteiger partial charge is 0.146 e. The van der Waals surface area contributed by atoms with E-state index in [-0.39, 0.29) is 5.82 Å². The van der Waals surface area contributed by atoms with Crippen molar-refractivity contribution in [1.82, 2.24) is 4.57 Å². The zero-order chi connectivity index (χ0) is 14.1. The van der Waals surface area contributed by atoms with Gasteiger partial charge in [0, 0.05) is 30.7 Å². The fourth-order valence-electron chi connectivity index (χ4n) is 2.52. The third-order valence-electron chi connectivity index (χ3n) is 3.57. The number of aromatic nitrogens is 1. The summed E-state index contributed by atoms with van der Waals surface area (Å²) in [4.78, 5) is 0. The van der Waals surface area contributed by atoms with E-state index in [1.807, 2.05) is 32.2 Å². The number of hydrogen-bond donors (Lipinski definition) is 1. The third-order valence-corrected chi connectivity index (χ3v) is 3.57. The standard InChI is InChI=1S/C17H17FN2/c1-12-7-8-16(15(18)9-12)19-10-13-11-20(2)17-6-4-3-5-14(13)17/h3-9,11,19H,10H2,1-2H3. The van der Waals surface area contributed by atoms with Crippen LogP contribution >= 0.6 is 0 Å². The van der Waals surface area contributed by atoms with Crippen molar-refractivity contribution in [3.05, 3.63) is 65.6 Å². The van der Waals surface area contributed by atoms with Gasteiger partial charge in [-0.05, 0) is 36.2 Å². The lowest BCUT2D eigenvalue weighted by molar-refractivity contribution is 0.629. The van der Waals surface area contributed by atoms with Crippen molar-refractivity contribution < 1.29 is 4.39 Å². The van der Waals surface area contributed by atoms with Gasteiger partial charge in [0.2, 0.25) is 0 Å². The summed E-state index contributed by atoms with van der Waals surface area (Å²) in [5, 5.41) is 4.38. The summed E-state index contributed by atoms with van der Waals surface area (Å²) in [5.41, 5.74) is 3.83. The highest BCUT2D eigenvalue weighted by Gasteiger charge is 2.07. The van der Waals surface area contributed by atoms with Crippen LogP contribution < -0.4 is 5.32 Å². The minimum Gasteiger partial charge on any atom is -0.379 e. The quantitative estimate of drug-likeness (QED) is 0.752. The van der Waals surface area contributed by atoms with Crippen molar-refractivity contribution in [3.8, 4) is 0 Å². The molecule has 0 aliphatic rings. The lowest BCUT2D eigenvalue weighted by Gasteiger charge is -2.07. The molecule has 1 N–H and O–H groups in total. The molecule has 0 radical (unpaired) electrons. The monoisotopic (exact) mass is 268 g/mol. The first-order chi connectivity index (χ1) is 9.65. The van der Waals surface area contributed by atoms with Gasteiger partial charge in [-0.3, -0.25) is 0 Å². The van der Waals surface area contributed by atoms with E-state index in [0.29, 0.717) is 12.2 Å². The van der Waals surface area contributed by atoms with Crippen molar-refractivity contribution in [1.29, 1.82) is 0 Å². The molecular weight excluding hydrogens is 251 g/mol. The number of nitrogens with one attached hydrogen (secondary N) is 1. The van der Waals surface area contributed by atoms with Crippen molar-refractivity contribution in [2.24, 2.45) is 7.05 Å². The molecule has 0 amide bonds. The molecule has 0 unspecified atom stereocenters. The highest BCUT2D eigenvalue weighted by molar-refractivity contribution is 5.84. The van der Waals surface area contributed by atoms with Crippen LogP contribution in [0.2, 0.25) is 0 Å². The predicted octanol–water partition coefficient (Wildman–Crippen LogP) is 4.24. The largest absolute Gasteiger partial charge is 0.379 e. The minimum absolute atomic E-state index is 0.203. The van der Waals surface area contributed by atoms with E-state index in [4.69, 9.17) is 0 Å². The van der Waals surface area contributed by atoms with Crippen LogP contribution in [0.1, 0.15) is 11.1 Å². The third kappa shape index (κ3) is 2.27. The molecule has 20 heavy (non-hydrogen) atoms. The van der Waals surface area contributed by atoms with Crippen LogP contribution in [0.4, 0.5) is 10.1 Å². The molecule has 0 fully saturated rings. The van der Waals surface area contributed by atoms with Crippen molar-refractivity contribution in [2.75, 3.05) is 5.32 Å². The maximum absolute atomic E-state index is 13.8. The number of rotatable bonds is 3. The van der Waals surface area contributed by atoms with E-state index >= 15 is 0 Å². The van der Waals surface area contributed by atoms with E-state index in [0.717, 1.165) is 5.56 Å². The van der Waals surface area contributed by atoms with Crippen LogP contribution in [-0.4, -0.2) is 4.57 Å². The average Bonchev–Trinajstić information content (AvgIpc) is 2.75. The Kier molecular flexibility index (Phi) is 3.18. The summed E-state index contributed by atoms with van der Waals surface area (Å²) in [6.07, 6.45) is 2.09. The van der Waals surface area contributed by atoms with E-state index in [1.165, 1.54) is 16.5 Å². The number of benzene rings is 2. The minimum atomic E-state index is -0.203. The van der Waals surface area contributed by atoms with Gasteiger partial charge in [-0.2, -0.15) is 0 Å². The fraction of sp³-hybridized carbons (Fsp3) is 0.176. The Morgan fingerprint density at radius 1 is 1.15 bits per heavy atom. The molecular formula is C17H17FN2. The Morgan fingerprint density at radius 3 is 2.75 bits per heavy atom. The van der Waals surface area contributed by atoms with Gasteiger partial charge in [0.1, 0.15) is 5.82 Å². The van der Waals surface area contributed by atoms with E-state index in [9.17, 15) is 4.39 Å². The molecule has 3 aromatic rings. The van der Waals surface area contributed by atoms with Crippen LogP contribution in [0.15, 0.2) is 48.7 Å². The van der Waals surface area contributed by atoms with Gasteiger partial charge in [-0.15, -0.1) is 0 Å². The molecule has 102 valence electrons. The fourth-order valence-corrected chi connectivity index (χ4v) is 2.52. The van der Waals surface area contributed by atoms with E-state index < -0.39 is 0 Å². The summed E-state index contributed by atoms with van der Waals surface area (Å²) in [5.74, 6) is -0.203. The molecule has 0 saturated carbocycles. The molecule has 3 heteroatoms. The van der Waals surface area contributed by atoms with Crippen LogP contribution in [0.25, 0.3) is 10.9 Å². The van der Waals surface area contributed by atoms with E-state index in [1.54, 1.807) is 12.1 Å². The first-order valence-corrected chi connectivity index (χ1v) is 6.68. The molecule has 0 aliphatic heterocycles. The Morgan fingerprint density at radius 2 is 1.95 bits per heavy atom. The number of aryl methyl sites for hydroxylation is 2. The summed E-state index contributed by atoms with van der Waals surface area (Å²) in [7, 11) is 2.03. The number of para-hydroxylation sites is 1. The highest BCUT2D eigenvalue weighted by atomic mass is 19.1. The molecule has 3 rings (SSSR count). The Labute approximate surface area is 117 Å². The van der Waals surface area contributed by atoms with Gasteiger partial charge in [0.15, 0.2) is 0 Å². The van der Waals surface area contributed by atoms with Gasteiger partial charge in [-0.25, -0.2) is 4.39 Å². The molecule has 1 aromatic heterocycles. The molecule has 0 aliphatic carbocycles. The number of anilines is 1. The zero-order valence-electron chi connectivity index (χ0n) is 11.7. The Balaban J connectivity index is 1.87. The second-order valence-electron chi connectivity index (χ2n) is 5.12. The van der Waals surface area contributed by atoms with Gasteiger partial charge >= 0.3 is 0 Å². The first-order valence-electron chi connectivity index (χ1n) is 6.68. The van der Waals surface area contributed by atoms with Gasteiger partial charge in [0.25, 0.3) is 0 Å². The summed E-state index contributed by atoms with van der Waals surface area (Å²) >= 11 is 0. The maximum Gasteiger partial charge on any atom is 0.146 e. The maximum atomic E-state index is 13.8. The van der Waals surface area contributed by atoms with Crippen molar-refractivity contribution in [2.45, 2.75) is 13.5 Å². The average molecular weight is 268 g/mol. The second kappa shape index (κ2) is 5.00. The normalized spacial score (nSPS) is 10.9. The SMILES string of the molecule is Cc1ccc(NCc2cn(C)c3ccccc23)c(F)c1. The molecule has 0 spiro atoms. The lowest BCUT2D eigenvalue weighted by atomic mass is 10.1. The van der Waals surface area contributed by atoms with Crippen molar-refractivity contribution >= 4 is 16.6 Å². The van der Waals surface area contributed by atoms with Crippen LogP contribution in [0.5, 0.6) is 0 Å². The van der Waals surface area contributed by atoms with Crippen LogP contribution in [-0.2, 0) is 13.6 Å². The molecule has 2 aromatic carbocycles. The summed E-state index contributed by atoms with van der Waals surface area (Å²) in [6.45, 7) is 2.50. The Hall–Kier alpha value is -2.29. The van der Waals surface area contributed by atoms with E-state index in [2.05, 4.69) is 28.2 Å². The molecule has 0 saturated heterocycles. The molecule has 0 atom stereocenters. The molecule has 0 bridgehead atoms. The van der Waals surface area contributed by atoms with Crippen LogP contribution in [0.3, 0.4) is 0 Å². The number of fused-ring (bicyclic) bond motifs is 1. The zero-order valence-corrected chi connectivity index (χ0v) is 11.7. The topological polar surface area (TPSA) is 17.0 Å². The Bertz CT molecular complexity index is 759.